The summed E-state index contributed by atoms with van der Waals surface area (Å²) in [5.41, 5.74) is 1.03. The van der Waals surface area contributed by atoms with E-state index in [0.29, 0.717) is 13.0 Å². The molecule has 1 fully saturated rings. The molecule has 24 heavy (non-hydrogen) atoms. The number of hydrogen-bond donors (Lipinski definition) is 0. The van der Waals surface area contributed by atoms with E-state index in [1.54, 1.807) is 12.5 Å². The molecule has 1 unspecified atom stereocenters. The molecule has 0 spiro atoms. The van der Waals surface area contributed by atoms with Gasteiger partial charge in [-0.15, -0.1) is 0 Å². The third-order valence-electron chi connectivity index (χ3n) is 4.68. The SMILES string of the molecule is Cc1cccc(N2CCCC(N(C)C(=O)CCn3ccnc3)C2)n1. The predicted octanol–water partition coefficient (Wildman–Crippen LogP) is 2.10. The van der Waals surface area contributed by atoms with Crippen LogP contribution in [0.5, 0.6) is 0 Å². The lowest BCUT2D eigenvalue weighted by molar-refractivity contribution is -0.132. The number of carbonyl (C=O) groups excluding carboxylic acids is 1. The van der Waals surface area contributed by atoms with Crippen LogP contribution >= 0.6 is 0 Å². The predicted molar refractivity (Wildman–Crippen MR) is 93.8 cm³/mol. The van der Waals surface area contributed by atoms with Crippen molar-refractivity contribution in [2.24, 2.45) is 0 Å². The van der Waals surface area contributed by atoms with E-state index in [9.17, 15) is 4.79 Å². The number of anilines is 1. The molecule has 6 nitrogen and oxygen atoms in total. The number of carbonyl (C=O) groups is 1. The average Bonchev–Trinajstić information content (AvgIpc) is 3.12. The van der Waals surface area contributed by atoms with Crippen molar-refractivity contribution in [3.63, 3.8) is 0 Å². The minimum absolute atomic E-state index is 0.188. The Morgan fingerprint density at radius 3 is 3.04 bits per heavy atom. The van der Waals surface area contributed by atoms with Crippen molar-refractivity contribution in [1.82, 2.24) is 19.4 Å². The van der Waals surface area contributed by atoms with Gasteiger partial charge in [0.05, 0.1) is 6.33 Å². The molecule has 1 atom stereocenters. The Morgan fingerprint density at radius 2 is 2.29 bits per heavy atom. The zero-order valence-corrected chi connectivity index (χ0v) is 14.4. The van der Waals surface area contributed by atoms with E-state index in [1.165, 1.54) is 0 Å². The molecular weight excluding hydrogens is 302 g/mol. The maximum absolute atomic E-state index is 12.5. The largest absolute Gasteiger partial charge is 0.355 e. The number of amides is 1. The maximum atomic E-state index is 12.5. The van der Waals surface area contributed by atoms with E-state index in [0.717, 1.165) is 37.4 Å². The number of imidazole rings is 1. The van der Waals surface area contributed by atoms with Gasteiger partial charge in [-0.2, -0.15) is 0 Å². The third kappa shape index (κ3) is 3.93. The van der Waals surface area contributed by atoms with Crippen LogP contribution < -0.4 is 4.90 Å². The topological polar surface area (TPSA) is 54.3 Å². The molecule has 3 rings (SSSR count). The van der Waals surface area contributed by atoms with Gasteiger partial charge in [-0.25, -0.2) is 9.97 Å². The number of hydrogen-bond acceptors (Lipinski definition) is 4. The van der Waals surface area contributed by atoms with Crippen LogP contribution in [0.25, 0.3) is 0 Å². The minimum Gasteiger partial charge on any atom is -0.355 e. The second-order valence-electron chi connectivity index (χ2n) is 6.43. The Labute approximate surface area is 143 Å². The molecule has 1 aliphatic rings. The second kappa shape index (κ2) is 7.47. The molecule has 128 valence electrons. The molecule has 0 aromatic carbocycles. The van der Waals surface area contributed by atoms with Crippen LogP contribution in [0.1, 0.15) is 25.0 Å². The van der Waals surface area contributed by atoms with E-state index in [1.807, 2.05) is 41.8 Å². The van der Waals surface area contributed by atoms with Crippen molar-refractivity contribution < 1.29 is 4.79 Å². The quantitative estimate of drug-likeness (QED) is 0.844. The van der Waals surface area contributed by atoms with Crippen LogP contribution in [-0.4, -0.2) is 51.5 Å². The van der Waals surface area contributed by atoms with Crippen molar-refractivity contribution >= 4 is 11.7 Å². The fourth-order valence-corrected chi connectivity index (χ4v) is 3.21. The molecule has 0 aliphatic carbocycles. The summed E-state index contributed by atoms with van der Waals surface area (Å²) in [6.07, 6.45) is 8.02. The second-order valence-corrected chi connectivity index (χ2v) is 6.43. The van der Waals surface area contributed by atoms with Crippen molar-refractivity contribution in [3.8, 4) is 0 Å². The lowest BCUT2D eigenvalue weighted by Gasteiger charge is -2.38. The summed E-state index contributed by atoms with van der Waals surface area (Å²) in [6.45, 7) is 4.55. The summed E-state index contributed by atoms with van der Waals surface area (Å²) >= 11 is 0. The molecule has 0 radical (unpaired) electrons. The normalized spacial score (nSPS) is 17.8. The average molecular weight is 327 g/mol. The number of pyridine rings is 1. The van der Waals surface area contributed by atoms with E-state index in [2.05, 4.69) is 20.9 Å². The van der Waals surface area contributed by atoms with Crippen LogP contribution in [0.4, 0.5) is 5.82 Å². The maximum Gasteiger partial charge on any atom is 0.224 e. The summed E-state index contributed by atoms with van der Waals surface area (Å²) in [4.78, 5) is 25.3. The van der Waals surface area contributed by atoms with Gasteiger partial charge in [-0.1, -0.05) is 6.07 Å². The van der Waals surface area contributed by atoms with Crippen LogP contribution in [-0.2, 0) is 11.3 Å². The number of nitrogens with zero attached hydrogens (tertiary/aromatic N) is 5. The number of piperidine rings is 1. The molecule has 2 aromatic rings. The number of aryl methyl sites for hydroxylation is 2. The van der Waals surface area contributed by atoms with E-state index in [4.69, 9.17) is 0 Å². The monoisotopic (exact) mass is 327 g/mol. The molecule has 3 heterocycles. The van der Waals surface area contributed by atoms with Gasteiger partial charge < -0.3 is 14.4 Å². The van der Waals surface area contributed by atoms with Crippen LogP contribution in [0, 0.1) is 6.92 Å². The first kappa shape index (κ1) is 16.5. The molecular formula is C18H25N5O. The van der Waals surface area contributed by atoms with E-state index < -0.39 is 0 Å². The highest BCUT2D eigenvalue weighted by Crippen LogP contribution is 2.21. The summed E-state index contributed by atoms with van der Waals surface area (Å²) < 4.78 is 1.94. The van der Waals surface area contributed by atoms with Crippen LogP contribution in [0.15, 0.2) is 36.9 Å². The Bertz CT molecular complexity index is 670. The van der Waals surface area contributed by atoms with Gasteiger partial charge in [0.2, 0.25) is 5.91 Å². The minimum atomic E-state index is 0.188. The van der Waals surface area contributed by atoms with Gasteiger partial charge in [0.25, 0.3) is 0 Å². The van der Waals surface area contributed by atoms with E-state index in [-0.39, 0.29) is 11.9 Å². The lowest BCUT2D eigenvalue weighted by Crippen LogP contribution is -2.49. The van der Waals surface area contributed by atoms with Gasteiger partial charge in [0, 0.05) is 57.2 Å². The lowest BCUT2D eigenvalue weighted by atomic mass is 10.0. The third-order valence-corrected chi connectivity index (χ3v) is 4.68. The zero-order valence-electron chi connectivity index (χ0n) is 14.4. The fourth-order valence-electron chi connectivity index (χ4n) is 3.21. The van der Waals surface area contributed by atoms with Crippen molar-refractivity contribution in [3.05, 3.63) is 42.6 Å². The molecule has 1 saturated heterocycles. The first-order chi connectivity index (χ1) is 11.6. The fraction of sp³-hybridized carbons (Fsp3) is 0.500. The number of rotatable bonds is 5. The number of aromatic nitrogens is 3. The molecule has 0 bridgehead atoms. The molecule has 6 heteroatoms. The Balaban J connectivity index is 1.58. The highest BCUT2D eigenvalue weighted by atomic mass is 16.2. The van der Waals surface area contributed by atoms with Crippen LogP contribution in [0.3, 0.4) is 0 Å². The summed E-state index contributed by atoms with van der Waals surface area (Å²) in [7, 11) is 1.92. The van der Waals surface area contributed by atoms with Gasteiger partial charge in [-0.3, -0.25) is 4.79 Å². The van der Waals surface area contributed by atoms with Gasteiger partial charge in [0.1, 0.15) is 5.82 Å². The summed E-state index contributed by atoms with van der Waals surface area (Å²) in [5, 5.41) is 0. The molecule has 2 aromatic heterocycles. The van der Waals surface area contributed by atoms with Crippen LogP contribution in [0.2, 0.25) is 0 Å². The van der Waals surface area contributed by atoms with Gasteiger partial charge >= 0.3 is 0 Å². The van der Waals surface area contributed by atoms with Crippen molar-refractivity contribution in [2.75, 3.05) is 25.0 Å². The first-order valence-electron chi connectivity index (χ1n) is 8.53. The Hall–Kier alpha value is -2.37. The molecule has 1 amide bonds. The highest BCUT2D eigenvalue weighted by Gasteiger charge is 2.26. The molecule has 0 N–H and O–H groups in total. The van der Waals surface area contributed by atoms with E-state index >= 15 is 0 Å². The summed E-state index contributed by atoms with van der Waals surface area (Å²) in [5.74, 6) is 1.20. The zero-order chi connectivity index (χ0) is 16.9. The Morgan fingerprint density at radius 1 is 1.42 bits per heavy atom. The standard InChI is InChI=1S/C18H25N5O/c1-15-5-3-7-17(20-15)23-10-4-6-16(13-23)21(2)18(24)8-11-22-12-9-19-14-22/h3,5,7,9,12,14,16H,4,6,8,10-11,13H2,1-2H3. The van der Waals surface area contributed by atoms with Crippen molar-refractivity contribution in [1.29, 1.82) is 0 Å². The smallest absolute Gasteiger partial charge is 0.224 e. The van der Waals surface area contributed by atoms with Gasteiger partial charge in [-0.05, 0) is 31.9 Å². The van der Waals surface area contributed by atoms with Gasteiger partial charge in [0.15, 0.2) is 0 Å². The Kier molecular flexibility index (Phi) is 5.13. The highest BCUT2D eigenvalue weighted by molar-refractivity contribution is 5.76. The van der Waals surface area contributed by atoms with Crippen molar-refractivity contribution in [2.45, 2.75) is 38.8 Å². The summed E-state index contributed by atoms with van der Waals surface area (Å²) in [6, 6.07) is 6.35. The molecule has 1 aliphatic heterocycles. The first-order valence-corrected chi connectivity index (χ1v) is 8.53. The number of likely N-dealkylation sites (N-methyl/N-ethyl adjacent to an activating group) is 1. The molecule has 0 saturated carbocycles.